The zero-order valence-corrected chi connectivity index (χ0v) is 18.2. The lowest BCUT2D eigenvalue weighted by Gasteiger charge is -2.05. The van der Waals surface area contributed by atoms with Crippen molar-refractivity contribution >= 4 is 59.9 Å². The van der Waals surface area contributed by atoms with Crippen LogP contribution in [0.1, 0.15) is 35.3 Å². The zero-order chi connectivity index (χ0) is 18.3. The number of nitrogens with zero attached hydrogens (tertiary/aromatic N) is 1. The van der Waals surface area contributed by atoms with Gasteiger partial charge in [-0.2, -0.15) is 5.10 Å². The van der Waals surface area contributed by atoms with Crippen LogP contribution in [-0.4, -0.2) is 17.2 Å². The van der Waals surface area contributed by atoms with E-state index in [2.05, 4.69) is 58.3 Å². The maximum absolute atomic E-state index is 12.1. The molecule has 0 spiro atoms. The molecule has 0 aromatic heterocycles. The molecule has 1 amide bonds. The van der Waals surface area contributed by atoms with Gasteiger partial charge in [-0.15, -0.1) is 0 Å². The van der Waals surface area contributed by atoms with E-state index in [9.17, 15) is 9.90 Å². The van der Waals surface area contributed by atoms with Crippen LogP contribution in [0.5, 0.6) is 5.75 Å². The van der Waals surface area contributed by atoms with Crippen molar-refractivity contribution in [3.05, 3.63) is 60.4 Å². The fourth-order valence-corrected chi connectivity index (χ4v) is 3.40. The summed E-state index contributed by atoms with van der Waals surface area (Å²) in [5.41, 5.74) is 4.39. The van der Waals surface area contributed by atoms with E-state index in [0.717, 1.165) is 10.0 Å². The van der Waals surface area contributed by atoms with Gasteiger partial charge in [-0.05, 0) is 63.0 Å². The number of amides is 1. The molecule has 128 valence electrons. The van der Waals surface area contributed by atoms with Gasteiger partial charge < -0.3 is 5.11 Å². The fourth-order valence-electron chi connectivity index (χ4n) is 1.72. The molecule has 2 rings (SSSR count). The standard InChI is InChI=1S/C15H11Br3N2O2.C2H6/c1-8-2-3-12(17)11(4-8)15(22)20-19-7-9-5-10(16)6-13(18)14(9)21;1-2/h2-7,21H,1H3,(H,20,22);1-2H3/b19-7+;. The van der Waals surface area contributed by atoms with Crippen LogP contribution in [0.15, 0.2) is 48.9 Å². The van der Waals surface area contributed by atoms with Gasteiger partial charge in [0, 0.05) is 14.5 Å². The van der Waals surface area contributed by atoms with Gasteiger partial charge in [0.25, 0.3) is 5.91 Å². The minimum atomic E-state index is -0.333. The second kappa shape index (κ2) is 9.96. The molecule has 4 nitrogen and oxygen atoms in total. The maximum atomic E-state index is 12.1. The van der Waals surface area contributed by atoms with E-state index >= 15 is 0 Å². The molecule has 0 atom stereocenters. The number of phenolic OH excluding ortho intramolecular Hbond substituents is 1. The molecule has 0 aliphatic carbocycles. The Labute approximate surface area is 166 Å². The van der Waals surface area contributed by atoms with Crippen molar-refractivity contribution in [3.63, 3.8) is 0 Å². The number of benzene rings is 2. The lowest BCUT2D eigenvalue weighted by atomic mass is 10.1. The topological polar surface area (TPSA) is 61.7 Å². The molecule has 7 heteroatoms. The van der Waals surface area contributed by atoms with Crippen molar-refractivity contribution in [2.45, 2.75) is 20.8 Å². The van der Waals surface area contributed by atoms with Crippen molar-refractivity contribution in [1.29, 1.82) is 0 Å². The van der Waals surface area contributed by atoms with Crippen LogP contribution >= 0.6 is 47.8 Å². The highest BCUT2D eigenvalue weighted by molar-refractivity contribution is 9.11. The monoisotopic (exact) mass is 518 g/mol. The Morgan fingerprint density at radius 2 is 1.79 bits per heavy atom. The second-order valence-corrected chi connectivity index (χ2v) is 7.13. The third-order valence-electron chi connectivity index (χ3n) is 2.79. The lowest BCUT2D eigenvalue weighted by molar-refractivity contribution is 0.0954. The van der Waals surface area contributed by atoms with E-state index in [1.165, 1.54) is 6.21 Å². The number of halogens is 3. The summed E-state index contributed by atoms with van der Waals surface area (Å²) in [6.45, 7) is 5.91. The number of phenols is 1. The Morgan fingerprint density at radius 1 is 1.12 bits per heavy atom. The summed E-state index contributed by atoms with van der Waals surface area (Å²) < 4.78 is 2.02. The summed E-state index contributed by atoms with van der Waals surface area (Å²) in [5, 5.41) is 13.8. The van der Waals surface area contributed by atoms with Crippen LogP contribution in [0.25, 0.3) is 0 Å². The average molecular weight is 521 g/mol. The van der Waals surface area contributed by atoms with E-state index in [4.69, 9.17) is 0 Å². The summed E-state index contributed by atoms with van der Waals surface area (Å²) >= 11 is 9.90. The predicted octanol–water partition coefficient (Wildman–Crippen LogP) is 5.78. The molecule has 2 aromatic rings. The summed E-state index contributed by atoms with van der Waals surface area (Å²) in [6, 6.07) is 8.89. The van der Waals surface area contributed by atoms with Gasteiger partial charge in [0.15, 0.2) is 0 Å². The number of hydrogen-bond donors (Lipinski definition) is 2. The molecule has 0 radical (unpaired) electrons. The number of hydrazone groups is 1. The van der Waals surface area contributed by atoms with Gasteiger partial charge in [0.1, 0.15) is 5.75 Å². The highest BCUT2D eigenvalue weighted by Gasteiger charge is 2.09. The molecule has 24 heavy (non-hydrogen) atoms. The van der Waals surface area contributed by atoms with Crippen LogP contribution < -0.4 is 5.43 Å². The molecule has 0 aliphatic rings. The minimum Gasteiger partial charge on any atom is -0.506 e. The van der Waals surface area contributed by atoms with E-state index < -0.39 is 0 Å². The van der Waals surface area contributed by atoms with Crippen molar-refractivity contribution in [3.8, 4) is 5.75 Å². The highest BCUT2D eigenvalue weighted by Crippen LogP contribution is 2.30. The van der Waals surface area contributed by atoms with Crippen LogP contribution in [0.4, 0.5) is 0 Å². The number of aromatic hydroxyl groups is 1. The quantitative estimate of drug-likeness (QED) is 0.398. The van der Waals surface area contributed by atoms with Gasteiger partial charge in [0.2, 0.25) is 0 Å². The van der Waals surface area contributed by atoms with E-state index in [0.29, 0.717) is 20.1 Å². The SMILES string of the molecule is CC.Cc1ccc(Br)c(C(=O)N/N=C/c2cc(Br)cc(Br)c2O)c1. The Hall–Kier alpha value is -1.18. The summed E-state index contributed by atoms with van der Waals surface area (Å²) in [5.74, 6) is -0.279. The number of hydrogen-bond acceptors (Lipinski definition) is 3. The summed E-state index contributed by atoms with van der Waals surface area (Å²) in [6.07, 6.45) is 1.38. The Balaban J connectivity index is 0.00000139. The molecule has 0 unspecified atom stereocenters. The van der Waals surface area contributed by atoms with Gasteiger partial charge >= 0.3 is 0 Å². The zero-order valence-electron chi connectivity index (χ0n) is 13.4. The molecular weight excluding hydrogens is 504 g/mol. The molecule has 2 aromatic carbocycles. The number of carbonyl (C=O) groups is 1. The van der Waals surface area contributed by atoms with Gasteiger partial charge in [-0.25, -0.2) is 5.43 Å². The molecule has 0 saturated heterocycles. The summed E-state index contributed by atoms with van der Waals surface area (Å²) in [7, 11) is 0. The normalized spacial score (nSPS) is 10.2. The Kier molecular flexibility index (Phi) is 8.66. The smallest absolute Gasteiger partial charge is 0.272 e. The first-order valence-electron chi connectivity index (χ1n) is 7.16. The van der Waals surface area contributed by atoms with Crippen molar-refractivity contribution < 1.29 is 9.90 Å². The summed E-state index contributed by atoms with van der Waals surface area (Å²) in [4.78, 5) is 12.1. The van der Waals surface area contributed by atoms with Crippen LogP contribution in [0.3, 0.4) is 0 Å². The van der Waals surface area contributed by atoms with Gasteiger partial charge in [-0.1, -0.05) is 41.4 Å². The third kappa shape index (κ3) is 5.72. The largest absolute Gasteiger partial charge is 0.506 e. The molecular formula is C17H17Br3N2O2. The fraction of sp³-hybridized carbons (Fsp3) is 0.176. The van der Waals surface area contributed by atoms with Crippen LogP contribution in [0.2, 0.25) is 0 Å². The highest BCUT2D eigenvalue weighted by atomic mass is 79.9. The Morgan fingerprint density at radius 3 is 2.46 bits per heavy atom. The molecule has 0 heterocycles. The van der Waals surface area contributed by atoms with Crippen molar-refractivity contribution in [2.24, 2.45) is 5.10 Å². The average Bonchev–Trinajstić information content (AvgIpc) is 2.56. The first kappa shape index (κ1) is 20.9. The number of nitrogens with one attached hydrogen (secondary N) is 1. The minimum absolute atomic E-state index is 0.0536. The number of aryl methyl sites for hydroxylation is 1. The van der Waals surface area contributed by atoms with Crippen molar-refractivity contribution in [2.75, 3.05) is 0 Å². The number of carbonyl (C=O) groups excluding carboxylic acids is 1. The van der Waals surface area contributed by atoms with E-state index in [1.54, 1.807) is 18.2 Å². The molecule has 0 fully saturated rings. The number of rotatable bonds is 3. The second-order valence-electron chi connectivity index (χ2n) is 4.51. The predicted molar refractivity (Wildman–Crippen MR) is 109 cm³/mol. The molecule has 0 saturated carbocycles. The third-order valence-corrected chi connectivity index (χ3v) is 4.55. The van der Waals surface area contributed by atoms with Crippen molar-refractivity contribution in [1.82, 2.24) is 5.43 Å². The van der Waals surface area contributed by atoms with Gasteiger partial charge in [-0.3, -0.25) is 4.79 Å². The lowest BCUT2D eigenvalue weighted by Crippen LogP contribution is -2.18. The first-order chi connectivity index (χ1) is 11.4. The van der Waals surface area contributed by atoms with Crippen LogP contribution in [0, 0.1) is 6.92 Å². The van der Waals surface area contributed by atoms with Crippen LogP contribution in [-0.2, 0) is 0 Å². The first-order valence-corrected chi connectivity index (χ1v) is 9.54. The Bertz CT molecular complexity index is 762. The maximum Gasteiger partial charge on any atom is 0.272 e. The molecule has 0 aliphatic heterocycles. The van der Waals surface area contributed by atoms with Gasteiger partial charge in [0.05, 0.1) is 16.3 Å². The molecule has 2 N–H and O–H groups in total. The molecule has 0 bridgehead atoms. The van der Waals surface area contributed by atoms with E-state index in [-0.39, 0.29) is 11.7 Å². The van der Waals surface area contributed by atoms with E-state index in [1.807, 2.05) is 32.9 Å².